The van der Waals surface area contributed by atoms with Gasteiger partial charge in [0.05, 0.1) is 18.1 Å². The zero-order valence-electron chi connectivity index (χ0n) is 15.5. The van der Waals surface area contributed by atoms with Gasteiger partial charge in [-0.1, -0.05) is 10.4 Å². The van der Waals surface area contributed by atoms with E-state index in [1.165, 1.54) is 0 Å². The van der Waals surface area contributed by atoms with Crippen molar-refractivity contribution in [1.82, 2.24) is 45.4 Å². The Kier molecular flexibility index (Phi) is 4.00. The number of hydrogen-bond acceptors (Lipinski definition) is 10. The predicted molar refractivity (Wildman–Crippen MR) is 98.2 cm³/mol. The Morgan fingerprint density at radius 1 is 1.28 bits per heavy atom. The van der Waals surface area contributed by atoms with Gasteiger partial charge in [0.1, 0.15) is 17.3 Å². The van der Waals surface area contributed by atoms with E-state index >= 15 is 0 Å². The molecule has 1 N–H and O–H groups in total. The summed E-state index contributed by atoms with van der Waals surface area (Å²) < 4.78 is 18.1. The first kappa shape index (κ1) is 17.0. The van der Waals surface area contributed by atoms with E-state index in [1.54, 1.807) is 23.0 Å². The number of rotatable bonds is 6. The van der Waals surface area contributed by atoms with Gasteiger partial charge in [0.25, 0.3) is 5.88 Å². The minimum absolute atomic E-state index is 0.290. The van der Waals surface area contributed by atoms with Crippen LogP contribution in [-0.2, 0) is 0 Å². The first-order valence-electron chi connectivity index (χ1n) is 8.87. The predicted octanol–water partition coefficient (Wildman–Crippen LogP) is 1.98. The van der Waals surface area contributed by atoms with Crippen molar-refractivity contribution in [3.8, 4) is 23.3 Å². The summed E-state index contributed by atoms with van der Waals surface area (Å²) in [6.45, 7) is 4.16. The first-order chi connectivity index (χ1) is 14.2. The lowest BCUT2D eigenvalue weighted by Crippen LogP contribution is -2.08. The number of nitrogens with one attached hydrogen (secondary N) is 1. The molecule has 0 saturated heterocycles. The maximum Gasteiger partial charge on any atom is 0.311 e. The van der Waals surface area contributed by atoms with Gasteiger partial charge in [-0.25, -0.2) is 0 Å². The minimum atomic E-state index is -0.402. The van der Waals surface area contributed by atoms with Crippen LogP contribution in [0.15, 0.2) is 35.1 Å². The van der Waals surface area contributed by atoms with Crippen LogP contribution in [0.3, 0.4) is 0 Å². The van der Waals surface area contributed by atoms with Gasteiger partial charge in [0.2, 0.25) is 5.82 Å². The topological polar surface area (TPSA) is 142 Å². The molecule has 0 bridgehead atoms. The summed E-state index contributed by atoms with van der Waals surface area (Å²) in [7, 11) is 0. The van der Waals surface area contributed by atoms with Gasteiger partial charge in [-0.3, -0.25) is 10.1 Å². The minimum Gasteiger partial charge on any atom is -0.465 e. The molecule has 146 valence electrons. The lowest BCUT2D eigenvalue weighted by Gasteiger charge is -2.13. The van der Waals surface area contributed by atoms with Crippen LogP contribution in [0.25, 0.3) is 28.1 Å². The highest BCUT2D eigenvalue weighted by atomic mass is 16.6. The fourth-order valence-electron chi connectivity index (χ4n) is 2.89. The van der Waals surface area contributed by atoms with Crippen LogP contribution >= 0.6 is 0 Å². The van der Waals surface area contributed by atoms with Crippen LogP contribution in [-0.4, -0.2) is 52.0 Å². The number of fused-ring (bicyclic) bond motifs is 3. The molecule has 5 aromatic rings. The van der Waals surface area contributed by atoms with Crippen molar-refractivity contribution in [2.24, 2.45) is 0 Å². The maximum atomic E-state index is 6.04. The van der Waals surface area contributed by atoms with Crippen molar-refractivity contribution < 1.29 is 14.0 Å². The standard InChI is InChI=1S/C17H15N9O3/c1-3-27-13-7-11(24-29-13)16-22-21-15-10-5-4-6-18-14(10)17(23-26(15)16)28-9(2)12-8-19-25-20-12/h4-9H,3H2,1-2H3,(H,19,20,25). The Hall–Kier alpha value is -4.09. The second kappa shape index (κ2) is 6.82. The number of aromatic amines is 1. The number of aromatic nitrogens is 9. The summed E-state index contributed by atoms with van der Waals surface area (Å²) in [4.78, 5) is 4.41. The average molecular weight is 393 g/mol. The van der Waals surface area contributed by atoms with Crippen LogP contribution in [0.5, 0.6) is 11.8 Å². The summed E-state index contributed by atoms with van der Waals surface area (Å²) >= 11 is 0. The molecule has 0 amide bonds. The van der Waals surface area contributed by atoms with E-state index in [4.69, 9.17) is 14.0 Å². The van der Waals surface area contributed by atoms with Crippen LogP contribution < -0.4 is 9.47 Å². The van der Waals surface area contributed by atoms with Gasteiger partial charge in [-0.2, -0.15) is 4.52 Å². The highest BCUT2D eigenvalue weighted by molar-refractivity contribution is 5.94. The number of ether oxygens (including phenoxy) is 2. The number of nitrogens with zero attached hydrogens (tertiary/aromatic N) is 8. The highest BCUT2D eigenvalue weighted by Crippen LogP contribution is 2.30. The van der Waals surface area contributed by atoms with E-state index < -0.39 is 6.10 Å². The molecule has 12 nitrogen and oxygen atoms in total. The molecule has 0 aliphatic rings. The molecule has 5 rings (SSSR count). The Labute approximate surface area is 162 Å². The zero-order valence-corrected chi connectivity index (χ0v) is 15.5. The van der Waals surface area contributed by atoms with Gasteiger partial charge in [-0.05, 0) is 26.0 Å². The average Bonchev–Trinajstić information content (AvgIpc) is 3.49. The zero-order chi connectivity index (χ0) is 19.8. The van der Waals surface area contributed by atoms with E-state index in [1.807, 2.05) is 26.0 Å². The van der Waals surface area contributed by atoms with E-state index in [9.17, 15) is 0 Å². The van der Waals surface area contributed by atoms with E-state index in [-0.39, 0.29) is 5.95 Å². The molecule has 0 spiro atoms. The summed E-state index contributed by atoms with van der Waals surface area (Å²) in [5, 5.41) is 28.1. The molecular weight excluding hydrogens is 378 g/mol. The molecule has 1 atom stereocenters. The van der Waals surface area contributed by atoms with Gasteiger partial charge in [0.15, 0.2) is 11.3 Å². The Morgan fingerprint density at radius 3 is 3.03 bits per heavy atom. The Bertz CT molecular complexity index is 1280. The molecule has 29 heavy (non-hydrogen) atoms. The van der Waals surface area contributed by atoms with Gasteiger partial charge in [-0.15, -0.1) is 20.4 Å². The van der Waals surface area contributed by atoms with Crippen LogP contribution in [0.1, 0.15) is 25.6 Å². The number of hydrogen-bond donors (Lipinski definition) is 1. The van der Waals surface area contributed by atoms with Gasteiger partial charge in [0, 0.05) is 12.4 Å². The second-order valence-corrected chi connectivity index (χ2v) is 6.09. The van der Waals surface area contributed by atoms with Crippen LogP contribution in [0.4, 0.5) is 0 Å². The van der Waals surface area contributed by atoms with Crippen molar-refractivity contribution in [2.75, 3.05) is 6.61 Å². The van der Waals surface area contributed by atoms with Crippen molar-refractivity contribution in [2.45, 2.75) is 20.0 Å². The van der Waals surface area contributed by atoms with Gasteiger partial charge >= 0.3 is 5.95 Å². The van der Waals surface area contributed by atoms with E-state index in [2.05, 4.69) is 40.8 Å². The summed E-state index contributed by atoms with van der Waals surface area (Å²) in [6.07, 6.45) is 2.92. The van der Waals surface area contributed by atoms with Crippen molar-refractivity contribution in [3.05, 3.63) is 36.3 Å². The Morgan fingerprint density at radius 2 is 2.21 bits per heavy atom. The fourth-order valence-corrected chi connectivity index (χ4v) is 2.89. The third-order valence-corrected chi connectivity index (χ3v) is 4.23. The van der Waals surface area contributed by atoms with Crippen molar-refractivity contribution >= 4 is 16.6 Å². The Balaban J connectivity index is 1.65. The fraction of sp³-hybridized carbons (Fsp3) is 0.235. The maximum absolute atomic E-state index is 6.04. The molecule has 0 radical (unpaired) electrons. The molecule has 0 aromatic carbocycles. The van der Waals surface area contributed by atoms with Crippen LogP contribution in [0, 0.1) is 0 Å². The second-order valence-electron chi connectivity index (χ2n) is 6.09. The van der Waals surface area contributed by atoms with E-state index in [0.717, 1.165) is 5.39 Å². The third-order valence-electron chi connectivity index (χ3n) is 4.23. The molecule has 0 saturated carbocycles. The lowest BCUT2D eigenvalue weighted by atomic mass is 10.2. The summed E-state index contributed by atoms with van der Waals surface area (Å²) in [5.41, 5.74) is 2.15. The largest absolute Gasteiger partial charge is 0.465 e. The number of pyridine rings is 1. The highest BCUT2D eigenvalue weighted by Gasteiger charge is 2.21. The molecule has 5 heterocycles. The SMILES string of the molecule is CCOc1cc(-c2nnc3c4cccnc4c(OC(C)c4c[nH]nn4)nn23)no1. The molecule has 0 aliphatic carbocycles. The van der Waals surface area contributed by atoms with Crippen molar-refractivity contribution in [1.29, 1.82) is 0 Å². The summed E-state index contributed by atoms with van der Waals surface area (Å²) in [5.74, 6) is 0.982. The van der Waals surface area contributed by atoms with E-state index in [0.29, 0.717) is 40.9 Å². The third kappa shape index (κ3) is 2.90. The van der Waals surface area contributed by atoms with Gasteiger partial charge < -0.3 is 14.0 Å². The van der Waals surface area contributed by atoms with Crippen molar-refractivity contribution in [3.63, 3.8) is 0 Å². The molecule has 12 heteroatoms. The molecular formula is C17H15N9O3. The lowest BCUT2D eigenvalue weighted by molar-refractivity contribution is 0.212. The first-order valence-corrected chi connectivity index (χ1v) is 8.87. The van der Waals surface area contributed by atoms with Crippen LogP contribution in [0.2, 0.25) is 0 Å². The normalized spacial score (nSPS) is 12.5. The quantitative estimate of drug-likeness (QED) is 0.455. The molecule has 5 aromatic heterocycles. The monoisotopic (exact) mass is 393 g/mol. The molecule has 0 aliphatic heterocycles. The number of H-pyrrole nitrogens is 1. The smallest absolute Gasteiger partial charge is 0.311 e. The molecule has 1 unspecified atom stereocenters. The molecule has 0 fully saturated rings. The summed E-state index contributed by atoms with van der Waals surface area (Å²) in [6, 6.07) is 5.32.